The Morgan fingerprint density at radius 2 is 1.72 bits per heavy atom. The maximum absolute atomic E-state index is 13.4. The van der Waals surface area contributed by atoms with Crippen molar-refractivity contribution in [1.29, 1.82) is 0 Å². The molecule has 1 fully saturated rings. The van der Waals surface area contributed by atoms with E-state index in [4.69, 9.17) is 10.2 Å². The van der Waals surface area contributed by atoms with E-state index in [2.05, 4.69) is 34.5 Å². The van der Waals surface area contributed by atoms with Crippen LogP contribution in [0.15, 0.2) is 77.4 Å². The molecule has 0 atom stereocenters. The van der Waals surface area contributed by atoms with Gasteiger partial charge in [0.15, 0.2) is 5.76 Å². The molecule has 0 bridgehead atoms. The smallest absolute Gasteiger partial charge is 0.316 e. The van der Waals surface area contributed by atoms with Crippen molar-refractivity contribution in [2.45, 2.75) is 25.3 Å². The van der Waals surface area contributed by atoms with Gasteiger partial charge in [0.25, 0.3) is 5.91 Å². The molecule has 1 saturated heterocycles. The molecule has 0 spiro atoms. The predicted molar refractivity (Wildman–Crippen MR) is 125 cm³/mol. The van der Waals surface area contributed by atoms with Crippen LogP contribution in [-0.2, 0) is 6.42 Å². The molecule has 3 aromatic rings. The van der Waals surface area contributed by atoms with Gasteiger partial charge in [0.2, 0.25) is 0 Å². The molecule has 2 heterocycles. The molecule has 7 nitrogen and oxygen atoms in total. The summed E-state index contributed by atoms with van der Waals surface area (Å²) in [5, 5.41) is 2.64. The first-order chi connectivity index (χ1) is 15.6. The van der Waals surface area contributed by atoms with Crippen molar-refractivity contribution in [3.05, 3.63) is 84.3 Å². The summed E-state index contributed by atoms with van der Waals surface area (Å²) < 4.78 is 5.40. The number of benzene rings is 2. The highest BCUT2D eigenvalue weighted by atomic mass is 16.3. The molecular formula is C25H28N4O3. The Balaban J connectivity index is 1.50. The summed E-state index contributed by atoms with van der Waals surface area (Å²) >= 11 is 0. The quantitative estimate of drug-likeness (QED) is 0.587. The number of nitrogens with zero attached hydrogens (tertiary/aromatic N) is 2. The molecular weight excluding hydrogens is 404 g/mol. The Labute approximate surface area is 187 Å². The van der Waals surface area contributed by atoms with Crippen LogP contribution in [0.3, 0.4) is 0 Å². The zero-order chi connectivity index (χ0) is 22.3. The van der Waals surface area contributed by atoms with E-state index in [1.165, 1.54) is 11.8 Å². The van der Waals surface area contributed by atoms with Crippen molar-refractivity contribution < 1.29 is 14.0 Å². The Morgan fingerprint density at radius 3 is 2.41 bits per heavy atom. The Hall–Kier alpha value is -3.58. The maximum atomic E-state index is 13.4. The number of urea groups is 1. The number of para-hydroxylation sites is 2. The number of carbonyl (C=O) groups excluding carboxylic acids is 2. The fourth-order valence-electron chi connectivity index (χ4n) is 4.25. The molecule has 166 valence electrons. The van der Waals surface area contributed by atoms with Gasteiger partial charge < -0.3 is 25.3 Å². The SMILES string of the molecule is NC(=O)Nc1ccccc1N(C(=O)c1ccco1)C1CCN(CCc2ccccc2)CC1. The van der Waals surface area contributed by atoms with Gasteiger partial charge in [-0.25, -0.2) is 4.79 Å². The van der Waals surface area contributed by atoms with E-state index in [1.807, 2.05) is 18.2 Å². The summed E-state index contributed by atoms with van der Waals surface area (Å²) in [6.45, 7) is 2.78. The molecule has 0 unspecified atom stereocenters. The molecule has 2 aromatic carbocycles. The predicted octanol–water partition coefficient (Wildman–Crippen LogP) is 4.12. The van der Waals surface area contributed by atoms with Crippen LogP contribution in [0.5, 0.6) is 0 Å². The number of likely N-dealkylation sites (tertiary alicyclic amines) is 1. The van der Waals surface area contributed by atoms with E-state index in [1.54, 1.807) is 29.2 Å². The topological polar surface area (TPSA) is 91.8 Å². The fourth-order valence-corrected chi connectivity index (χ4v) is 4.25. The maximum Gasteiger partial charge on any atom is 0.316 e. The normalized spacial score (nSPS) is 14.8. The van der Waals surface area contributed by atoms with E-state index in [0.717, 1.165) is 38.9 Å². The van der Waals surface area contributed by atoms with Crippen LogP contribution in [0.25, 0.3) is 0 Å². The Bertz CT molecular complexity index is 1030. The van der Waals surface area contributed by atoms with Crippen LogP contribution in [0, 0.1) is 0 Å². The molecule has 7 heteroatoms. The van der Waals surface area contributed by atoms with Gasteiger partial charge in [-0.15, -0.1) is 0 Å². The molecule has 3 N–H and O–H groups in total. The molecule has 0 saturated carbocycles. The number of anilines is 2. The number of primary amides is 1. The average molecular weight is 433 g/mol. The first-order valence-corrected chi connectivity index (χ1v) is 10.9. The number of piperidine rings is 1. The summed E-state index contributed by atoms with van der Waals surface area (Å²) in [7, 11) is 0. The third-order valence-corrected chi connectivity index (χ3v) is 5.85. The Morgan fingerprint density at radius 1 is 1.00 bits per heavy atom. The van der Waals surface area contributed by atoms with E-state index >= 15 is 0 Å². The zero-order valence-corrected chi connectivity index (χ0v) is 17.9. The van der Waals surface area contributed by atoms with Gasteiger partial charge in [0.05, 0.1) is 17.6 Å². The molecule has 1 aliphatic heterocycles. The van der Waals surface area contributed by atoms with E-state index in [9.17, 15) is 9.59 Å². The van der Waals surface area contributed by atoms with Gasteiger partial charge in [-0.1, -0.05) is 42.5 Å². The highest BCUT2D eigenvalue weighted by molar-refractivity contribution is 6.07. The number of furan rings is 1. The second-order valence-corrected chi connectivity index (χ2v) is 7.97. The first kappa shape index (κ1) is 21.6. The summed E-state index contributed by atoms with van der Waals surface area (Å²) in [6.07, 6.45) is 4.15. The van der Waals surface area contributed by atoms with Gasteiger partial charge in [0.1, 0.15) is 0 Å². The van der Waals surface area contributed by atoms with E-state index in [0.29, 0.717) is 11.4 Å². The fraction of sp³-hybridized carbons (Fsp3) is 0.280. The minimum atomic E-state index is -0.668. The minimum Gasteiger partial charge on any atom is -0.459 e. The van der Waals surface area contributed by atoms with Crippen molar-refractivity contribution in [2.24, 2.45) is 5.73 Å². The van der Waals surface area contributed by atoms with Crippen molar-refractivity contribution in [3.8, 4) is 0 Å². The minimum absolute atomic E-state index is 0.0172. The lowest BCUT2D eigenvalue weighted by Crippen LogP contribution is -2.48. The van der Waals surface area contributed by atoms with Crippen LogP contribution < -0.4 is 16.0 Å². The van der Waals surface area contributed by atoms with Crippen molar-refractivity contribution in [1.82, 2.24) is 4.90 Å². The number of hydrogen-bond donors (Lipinski definition) is 2. The number of nitrogens with two attached hydrogens (primary N) is 1. The van der Waals surface area contributed by atoms with Crippen molar-refractivity contribution >= 4 is 23.3 Å². The molecule has 0 aliphatic carbocycles. The summed E-state index contributed by atoms with van der Waals surface area (Å²) in [4.78, 5) is 29.1. The van der Waals surface area contributed by atoms with Crippen LogP contribution in [0.4, 0.5) is 16.2 Å². The average Bonchev–Trinajstić information content (AvgIpc) is 3.35. The highest BCUT2D eigenvalue weighted by Gasteiger charge is 2.32. The zero-order valence-electron chi connectivity index (χ0n) is 17.9. The van der Waals surface area contributed by atoms with E-state index < -0.39 is 6.03 Å². The number of amides is 3. The van der Waals surface area contributed by atoms with E-state index in [-0.39, 0.29) is 17.7 Å². The van der Waals surface area contributed by atoms with Gasteiger partial charge in [0, 0.05) is 25.7 Å². The molecule has 1 aliphatic rings. The van der Waals surface area contributed by atoms with Crippen LogP contribution >= 0.6 is 0 Å². The van der Waals surface area contributed by atoms with Gasteiger partial charge >= 0.3 is 6.03 Å². The van der Waals surface area contributed by atoms with Crippen molar-refractivity contribution in [2.75, 3.05) is 29.9 Å². The van der Waals surface area contributed by atoms with Crippen molar-refractivity contribution in [3.63, 3.8) is 0 Å². The first-order valence-electron chi connectivity index (χ1n) is 10.9. The molecule has 1 aromatic heterocycles. The highest BCUT2D eigenvalue weighted by Crippen LogP contribution is 2.32. The third-order valence-electron chi connectivity index (χ3n) is 5.85. The molecule has 4 rings (SSSR count). The second-order valence-electron chi connectivity index (χ2n) is 7.97. The number of carbonyl (C=O) groups is 2. The lowest BCUT2D eigenvalue weighted by atomic mass is 10.0. The third kappa shape index (κ3) is 5.18. The van der Waals surface area contributed by atoms with Crippen LogP contribution in [0.1, 0.15) is 29.0 Å². The summed E-state index contributed by atoms with van der Waals surface area (Å²) in [5.41, 5.74) is 7.82. The monoisotopic (exact) mass is 432 g/mol. The summed E-state index contributed by atoms with van der Waals surface area (Å²) in [5.74, 6) is 0.0434. The van der Waals surface area contributed by atoms with Crippen LogP contribution in [0.2, 0.25) is 0 Å². The number of hydrogen-bond acceptors (Lipinski definition) is 4. The van der Waals surface area contributed by atoms with Gasteiger partial charge in [-0.05, 0) is 49.1 Å². The molecule has 0 radical (unpaired) electrons. The lowest BCUT2D eigenvalue weighted by Gasteiger charge is -2.39. The van der Waals surface area contributed by atoms with Gasteiger partial charge in [-0.3, -0.25) is 4.79 Å². The molecule has 32 heavy (non-hydrogen) atoms. The number of rotatable bonds is 7. The Kier molecular flexibility index (Phi) is 6.87. The van der Waals surface area contributed by atoms with Crippen LogP contribution in [-0.4, -0.2) is 42.5 Å². The largest absolute Gasteiger partial charge is 0.459 e. The number of nitrogens with one attached hydrogen (secondary N) is 1. The molecule has 3 amide bonds. The standard InChI is InChI=1S/C25H28N4O3/c26-25(31)27-21-9-4-5-10-22(21)29(24(30)23-11-6-18-32-23)20-13-16-28(17-14-20)15-12-19-7-2-1-3-8-19/h1-11,18,20H,12-17H2,(H3,26,27,31). The lowest BCUT2D eigenvalue weighted by molar-refractivity contribution is 0.0933. The summed E-state index contributed by atoms with van der Waals surface area (Å²) in [6, 6.07) is 20.4. The second kappa shape index (κ2) is 10.2. The van der Waals surface area contributed by atoms with Gasteiger partial charge in [-0.2, -0.15) is 0 Å².